The molecular formula is C22H23F3N4O3. The van der Waals surface area contributed by atoms with Crippen LogP contribution in [0.1, 0.15) is 29.2 Å². The van der Waals surface area contributed by atoms with Crippen molar-refractivity contribution in [1.82, 2.24) is 14.9 Å². The molecule has 1 unspecified atom stereocenters. The van der Waals surface area contributed by atoms with Crippen molar-refractivity contribution < 1.29 is 28.2 Å². The van der Waals surface area contributed by atoms with E-state index in [9.17, 15) is 28.2 Å². The third-order valence-corrected chi connectivity index (χ3v) is 5.78. The van der Waals surface area contributed by atoms with Crippen molar-refractivity contribution in [2.75, 3.05) is 31.1 Å². The molecule has 7 nitrogen and oxygen atoms in total. The van der Waals surface area contributed by atoms with Crippen LogP contribution in [0.5, 0.6) is 0 Å². The van der Waals surface area contributed by atoms with E-state index in [0.29, 0.717) is 44.0 Å². The van der Waals surface area contributed by atoms with Crippen molar-refractivity contribution in [3.05, 3.63) is 59.4 Å². The van der Waals surface area contributed by atoms with E-state index in [1.807, 2.05) is 9.80 Å². The van der Waals surface area contributed by atoms with Crippen molar-refractivity contribution in [2.45, 2.75) is 25.2 Å². The number of H-pyrrole nitrogens is 1. The number of halogens is 3. The molecule has 0 spiro atoms. The summed E-state index contributed by atoms with van der Waals surface area (Å²) in [6.45, 7) is 1.84. The van der Waals surface area contributed by atoms with E-state index in [4.69, 9.17) is 0 Å². The fourth-order valence-electron chi connectivity index (χ4n) is 4.17. The van der Waals surface area contributed by atoms with Gasteiger partial charge >= 0.3 is 12.1 Å². The van der Waals surface area contributed by atoms with Gasteiger partial charge in [0.15, 0.2) is 0 Å². The molecule has 0 radical (unpaired) electrons. The molecule has 4 rings (SSSR count). The molecule has 32 heavy (non-hydrogen) atoms. The molecule has 1 atom stereocenters. The lowest BCUT2D eigenvalue weighted by atomic mass is 10.0. The second-order valence-electron chi connectivity index (χ2n) is 7.80. The Kier molecular flexibility index (Phi) is 6.07. The van der Waals surface area contributed by atoms with E-state index in [1.165, 1.54) is 6.07 Å². The van der Waals surface area contributed by atoms with Crippen LogP contribution in [0.15, 0.2) is 42.7 Å². The lowest BCUT2D eigenvalue weighted by molar-refractivity contribution is -0.143. The lowest BCUT2D eigenvalue weighted by Gasteiger charge is -2.27. The summed E-state index contributed by atoms with van der Waals surface area (Å²) < 4.78 is 38.4. The van der Waals surface area contributed by atoms with Gasteiger partial charge in [0.2, 0.25) is 0 Å². The van der Waals surface area contributed by atoms with Crippen LogP contribution in [0.25, 0.3) is 10.9 Å². The highest BCUT2D eigenvalue weighted by Crippen LogP contribution is 2.32. The summed E-state index contributed by atoms with van der Waals surface area (Å²) in [4.78, 5) is 23.0. The molecular weight excluding hydrogens is 425 g/mol. The van der Waals surface area contributed by atoms with Gasteiger partial charge in [-0.1, -0.05) is 12.1 Å². The first kappa shape index (κ1) is 22.1. The van der Waals surface area contributed by atoms with Crippen LogP contribution in [0.2, 0.25) is 0 Å². The Morgan fingerprint density at radius 1 is 1.16 bits per heavy atom. The maximum absolute atomic E-state index is 12.8. The molecule has 1 aliphatic rings. The third-order valence-electron chi connectivity index (χ3n) is 5.78. The number of hydrogen-bond donors (Lipinski definition) is 3. The highest BCUT2D eigenvalue weighted by atomic mass is 19.4. The van der Waals surface area contributed by atoms with Crippen LogP contribution in [-0.4, -0.2) is 57.2 Å². The van der Waals surface area contributed by atoms with Crippen LogP contribution in [0, 0.1) is 0 Å². The number of pyridine rings is 1. The molecule has 1 aromatic carbocycles. The third kappa shape index (κ3) is 4.42. The standard InChI is InChI=1S/C22H23F3N4O3/c23-22(24,25)15-3-5-19(27-11-15)28-6-1-7-29(9-8-28)20(21(31)32)17-12-26-18-10-14(13-30)2-4-16(17)18/h2-5,10-12,20,26,30H,1,6-9,13H2,(H,31,32). The second kappa shape index (κ2) is 8.79. The van der Waals surface area contributed by atoms with Crippen molar-refractivity contribution in [2.24, 2.45) is 0 Å². The van der Waals surface area contributed by atoms with E-state index < -0.39 is 23.8 Å². The van der Waals surface area contributed by atoms with Crippen molar-refractivity contribution in [3.8, 4) is 0 Å². The number of carboxylic acid groups (broad SMARTS) is 1. The topological polar surface area (TPSA) is 92.7 Å². The molecule has 10 heteroatoms. The number of carboxylic acids is 1. The molecule has 0 amide bonds. The van der Waals surface area contributed by atoms with Crippen LogP contribution < -0.4 is 4.90 Å². The molecule has 0 bridgehead atoms. The Bertz CT molecular complexity index is 1100. The van der Waals surface area contributed by atoms with E-state index in [2.05, 4.69) is 9.97 Å². The summed E-state index contributed by atoms with van der Waals surface area (Å²) in [5, 5.41) is 20.1. The van der Waals surface area contributed by atoms with Gasteiger partial charge in [-0.05, 0) is 30.2 Å². The van der Waals surface area contributed by atoms with Crippen LogP contribution in [0.3, 0.4) is 0 Å². The maximum Gasteiger partial charge on any atom is 0.417 e. The van der Waals surface area contributed by atoms with Crippen molar-refractivity contribution >= 4 is 22.7 Å². The van der Waals surface area contributed by atoms with Gasteiger partial charge in [-0.15, -0.1) is 0 Å². The summed E-state index contributed by atoms with van der Waals surface area (Å²) in [7, 11) is 0. The predicted molar refractivity (Wildman–Crippen MR) is 112 cm³/mol. The highest BCUT2D eigenvalue weighted by molar-refractivity contribution is 5.89. The number of benzene rings is 1. The van der Waals surface area contributed by atoms with Crippen molar-refractivity contribution in [1.29, 1.82) is 0 Å². The van der Waals surface area contributed by atoms with Crippen LogP contribution >= 0.6 is 0 Å². The Labute approximate surface area is 182 Å². The SMILES string of the molecule is O=C(O)C(c1c[nH]c2cc(CO)ccc12)N1CCCN(c2ccc(C(F)(F)F)cn2)CC1. The number of hydrogen-bond acceptors (Lipinski definition) is 5. The highest BCUT2D eigenvalue weighted by Gasteiger charge is 2.33. The Morgan fingerprint density at radius 3 is 2.62 bits per heavy atom. The minimum absolute atomic E-state index is 0.105. The lowest BCUT2D eigenvalue weighted by Crippen LogP contribution is -2.37. The Morgan fingerprint density at radius 2 is 1.97 bits per heavy atom. The van der Waals surface area contributed by atoms with Gasteiger partial charge in [0, 0.05) is 55.0 Å². The zero-order valence-corrected chi connectivity index (χ0v) is 17.1. The smallest absolute Gasteiger partial charge is 0.417 e. The number of alkyl halides is 3. The number of nitrogens with zero attached hydrogens (tertiary/aromatic N) is 3. The molecule has 2 aromatic heterocycles. The Hall–Kier alpha value is -3.11. The molecule has 3 N–H and O–H groups in total. The maximum atomic E-state index is 12.8. The number of nitrogens with one attached hydrogen (secondary N) is 1. The molecule has 1 aliphatic heterocycles. The van der Waals surface area contributed by atoms with Gasteiger partial charge in [-0.2, -0.15) is 13.2 Å². The molecule has 0 saturated carbocycles. The summed E-state index contributed by atoms with van der Waals surface area (Å²) in [5.41, 5.74) is 1.32. The van der Waals surface area contributed by atoms with Gasteiger partial charge in [0.05, 0.1) is 12.2 Å². The number of anilines is 1. The first-order valence-corrected chi connectivity index (χ1v) is 10.2. The van der Waals surface area contributed by atoms with Gasteiger partial charge in [-0.25, -0.2) is 4.98 Å². The molecule has 1 saturated heterocycles. The minimum atomic E-state index is -4.44. The fraction of sp³-hybridized carbons (Fsp3) is 0.364. The van der Waals surface area contributed by atoms with Gasteiger partial charge in [0.1, 0.15) is 11.9 Å². The van der Waals surface area contributed by atoms with E-state index in [1.54, 1.807) is 24.4 Å². The normalized spacial score (nSPS) is 16.8. The summed E-state index contributed by atoms with van der Waals surface area (Å²) in [5.74, 6) is -0.534. The molecule has 1 fully saturated rings. The zero-order valence-electron chi connectivity index (χ0n) is 17.1. The van der Waals surface area contributed by atoms with Crippen LogP contribution in [0.4, 0.5) is 19.0 Å². The molecule has 0 aliphatic carbocycles. The molecule has 170 valence electrons. The first-order valence-electron chi connectivity index (χ1n) is 10.2. The van der Waals surface area contributed by atoms with E-state index in [0.717, 1.165) is 28.7 Å². The van der Waals surface area contributed by atoms with E-state index >= 15 is 0 Å². The average Bonchev–Trinajstić information content (AvgIpc) is 3.01. The largest absolute Gasteiger partial charge is 0.480 e. The molecule has 3 heterocycles. The summed E-state index contributed by atoms with van der Waals surface area (Å²) in [6, 6.07) is 6.85. The van der Waals surface area contributed by atoms with Gasteiger partial charge in [0.25, 0.3) is 0 Å². The predicted octanol–water partition coefficient (Wildman–Crippen LogP) is 3.41. The monoisotopic (exact) mass is 448 g/mol. The van der Waals surface area contributed by atoms with Gasteiger partial charge in [-0.3, -0.25) is 9.69 Å². The number of carbonyl (C=O) groups is 1. The number of aliphatic carboxylic acids is 1. The first-order chi connectivity index (χ1) is 15.3. The second-order valence-corrected chi connectivity index (χ2v) is 7.80. The number of rotatable bonds is 5. The summed E-state index contributed by atoms with van der Waals surface area (Å²) >= 11 is 0. The number of aliphatic hydroxyl groups excluding tert-OH is 1. The van der Waals surface area contributed by atoms with Crippen molar-refractivity contribution in [3.63, 3.8) is 0 Å². The van der Waals surface area contributed by atoms with Crippen LogP contribution in [-0.2, 0) is 17.6 Å². The zero-order chi connectivity index (χ0) is 22.9. The molecule has 3 aromatic rings. The summed E-state index contributed by atoms with van der Waals surface area (Å²) in [6.07, 6.45) is -1.29. The number of aliphatic hydroxyl groups is 1. The fourth-order valence-corrected chi connectivity index (χ4v) is 4.17. The number of aromatic amines is 1. The quantitative estimate of drug-likeness (QED) is 0.554. The van der Waals surface area contributed by atoms with Gasteiger partial charge < -0.3 is 20.1 Å². The minimum Gasteiger partial charge on any atom is -0.480 e. The number of fused-ring (bicyclic) bond motifs is 1. The average molecular weight is 448 g/mol. The number of aromatic nitrogens is 2. The Balaban J connectivity index is 1.54. The van der Waals surface area contributed by atoms with E-state index in [-0.39, 0.29) is 6.61 Å².